The summed E-state index contributed by atoms with van der Waals surface area (Å²) < 4.78 is 5.41. The Labute approximate surface area is 174 Å². The van der Waals surface area contributed by atoms with Crippen molar-refractivity contribution in [3.8, 4) is 5.75 Å². The number of aryl methyl sites for hydroxylation is 1. The molecule has 1 aliphatic heterocycles. The number of aromatic hydroxyl groups is 1. The van der Waals surface area contributed by atoms with E-state index in [1.165, 1.54) is 5.56 Å². The van der Waals surface area contributed by atoms with E-state index in [-0.39, 0.29) is 24.0 Å². The van der Waals surface area contributed by atoms with E-state index in [0.717, 1.165) is 64.7 Å². The molecular formula is C19H33IN4O2. The van der Waals surface area contributed by atoms with Crippen molar-refractivity contribution in [2.75, 3.05) is 45.9 Å². The number of hydrogen-bond acceptors (Lipinski definition) is 4. The molecule has 1 fully saturated rings. The third-order valence-electron chi connectivity index (χ3n) is 4.40. The van der Waals surface area contributed by atoms with Crippen LogP contribution in [0.1, 0.15) is 25.8 Å². The lowest BCUT2D eigenvalue weighted by atomic mass is 10.1. The van der Waals surface area contributed by atoms with Gasteiger partial charge in [-0.1, -0.05) is 12.1 Å². The molecule has 1 saturated heterocycles. The smallest absolute Gasteiger partial charge is 0.191 e. The molecule has 1 heterocycles. The minimum atomic E-state index is 0. The van der Waals surface area contributed by atoms with Crippen LogP contribution in [0.2, 0.25) is 0 Å². The number of phenols is 1. The Hall–Kier alpha value is -1.06. The number of guanidine groups is 1. The van der Waals surface area contributed by atoms with E-state index in [1.807, 2.05) is 12.1 Å². The Morgan fingerprint density at radius 3 is 2.58 bits per heavy atom. The molecule has 2 rings (SSSR count). The van der Waals surface area contributed by atoms with Gasteiger partial charge in [-0.3, -0.25) is 9.89 Å². The van der Waals surface area contributed by atoms with Gasteiger partial charge in [-0.05, 0) is 44.4 Å². The van der Waals surface area contributed by atoms with Crippen LogP contribution in [-0.4, -0.2) is 67.9 Å². The van der Waals surface area contributed by atoms with Crippen LogP contribution in [-0.2, 0) is 11.2 Å². The van der Waals surface area contributed by atoms with Crippen molar-refractivity contribution in [3.63, 3.8) is 0 Å². The fourth-order valence-electron chi connectivity index (χ4n) is 2.86. The van der Waals surface area contributed by atoms with Gasteiger partial charge in [-0.2, -0.15) is 0 Å². The minimum absolute atomic E-state index is 0. The van der Waals surface area contributed by atoms with Crippen molar-refractivity contribution in [3.05, 3.63) is 29.8 Å². The zero-order chi connectivity index (χ0) is 17.9. The normalized spacial score (nSPS) is 16.6. The maximum absolute atomic E-state index is 9.31. The van der Waals surface area contributed by atoms with Crippen LogP contribution in [0.5, 0.6) is 5.75 Å². The third-order valence-corrected chi connectivity index (χ3v) is 4.40. The Bertz CT molecular complexity index is 519. The molecule has 0 radical (unpaired) electrons. The molecule has 0 spiro atoms. The van der Waals surface area contributed by atoms with Crippen LogP contribution in [0, 0.1) is 0 Å². The molecule has 1 aromatic carbocycles. The molecule has 0 amide bonds. The van der Waals surface area contributed by atoms with Crippen molar-refractivity contribution in [1.29, 1.82) is 0 Å². The van der Waals surface area contributed by atoms with E-state index < -0.39 is 0 Å². The molecule has 1 unspecified atom stereocenters. The number of nitrogens with one attached hydrogen (secondary N) is 2. The Morgan fingerprint density at radius 1 is 1.23 bits per heavy atom. The summed E-state index contributed by atoms with van der Waals surface area (Å²) in [5.74, 6) is 1.20. The maximum atomic E-state index is 9.31. The van der Waals surface area contributed by atoms with E-state index in [9.17, 15) is 5.11 Å². The third kappa shape index (κ3) is 8.55. The van der Waals surface area contributed by atoms with Gasteiger partial charge in [0.25, 0.3) is 0 Å². The predicted molar refractivity (Wildman–Crippen MR) is 118 cm³/mol. The van der Waals surface area contributed by atoms with E-state index in [0.29, 0.717) is 11.8 Å². The van der Waals surface area contributed by atoms with Gasteiger partial charge in [0.05, 0.1) is 19.8 Å². The number of morpholine rings is 1. The lowest BCUT2D eigenvalue weighted by molar-refractivity contribution is 0.0220. The van der Waals surface area contributed by atoms with E-state index in [2.05, 4.69) is 29.4 Å². The Balaban J connectivity index is 0.00000338. The first kappa shape index (κ1) is 23.0. The highest BCUT2D eigenvalue weighted by atomic mass is 127. The standard InChI is InChI=1S/C19H32N4O2.HI/c1-3-20-19(22-15-16(2)23-11-13-25-14-12-23)21-10-4-5-17-6-8-18(24)9-7-17;/h6-9,16,24H,3-5,10-15H2,1-2H3,(H2,20,21,22);1H. The second-order valence-electron chi connectivity index (χ2n) is 6.41. The SMILES string of the molecule is CCNC(=NCC(C)N1CCOCC1)NCCCc1ccc(O)cc1.I. The van der Waals surface area contributed by atoms with Gasteiger partial charge >= 0.3 is 0 Å². The number of nitrogens with zero attached hydrogens (tertiary/aromatic N) is 2. The van der Waals surface area contributed by atoms with Gasteiger partial charge < -0.3 is 20.5 Å². The molecule has 1 aromatic rings. The van der Waals surface area contributed by atoms with Crippen LogP contribution in [0.3, 0.4) is 0 Å². The van der Waals surface area contributed by atoms with Crippen molar-refractivity contribution >= 4 is 29.9 Å². The fraction of sp³-hybridized carbons (Fsp3) is 0.632. The largest absolute Gasteiger partial charge is 0.508 e. The molecule has 7 heteroatoms. The number of benzene rings is 1. The lowest BCUT2D eigenvalue weighted by Crippen LogP contribution is -2.44. The van der Waals surface area contributed by atoms with Gasteiger partial charge in [0, 0.05) is 32.2 Å². The number of aliphatic imine (C=N–C) groups is 1. The van der Waals surface area contributed by atoms with Crippen molar-refractivity contribution in [2.24, 2.45) is 4.99 Å². The number of ether oxygens (including phenoxy) is 1. The molecular weight excluding hydrogens is 443 g/mol. The lowest BCUT2D eigenvalue weighted by Gasteiger charge is -2.31. The van der Waals surface area contributed by atoms with E-state index in [4.69, 9.17) is 9.73 Å². The Morgan fingerprint density at radius 2 is 1.92 bits per heavy atom. The average Bonchev–Trinajstić information content (AvgIpc) is 2.65. The molecule has 26 heavy (non-hydrogen) atoms. The van der Waals surface area contributed by atoms with Crippen LogP contribution >= 0.6 is 24.0 Å². The number of rotatable bonds is 8. The fourth-order valence-corrected chi connectivity index (χ4v) is 2.86. The highest BCUT2D eigenvalue weighted by Gasteiger charge is 2.16. The van der Waals surface area contributed by atoms with Crippen molar-refractivity contribution in [1.82, 2.24) is 15.5 Å². The second kappa shape index (κ2) is 13.2. The van der Waals surface area contributed by atoms with Gasteiger partial charge in [0.2, 0.25) is 0 Å². The summed E-state index contributed by atoms with van der Waals surface area (Å²) in [7, 11) is 0. The number of halogens is 1. The summed E-state index contributed by atoms with van der Waals surface area (Å²) in [5, 5.41) is 16.0. The quantitative estimate of drug-likeness (QED) is 0.233. The van der Waals surface area contributed by atoms with Crippen molar-refractivity contribution in [2.45, 2.75) is 32.7 Å². The maximum Gasteiger partial charge on any atom is 0.191 e. The van der Waals surface area contributed by atoms with Gasteiger partial charge in [-0.15, -0.1) is 24.0 Å². The molecule has 0 aliphatic carbocycles. The zero-order valence-corrected chi connectivity index (χ0v) is 18.2. The number of phenolic OH excluding ortho intramolecular Hbond substituents is 1. The first-order chi connectivity index (χ1) is 12.2. The summed E-state index contributed by atoms with van der Waals surface area (Å²) in [4.78, 5) is 7.16. The molecule has 0 bridgehead atoms. The highest BCUT2D eigenvalue weighted by Crippen LogP contribution is 2.10. The first-order valence-corrected chi connectivity index (χ1v) is 9.31. The van der Waals surface area contributed by atoms with Crippen LogP contribution < -0.4 is 10.6 Å². The topological polar surface area (TPSA) is 69.1 Å². The summed E-state index contributed by atoms with van der Waals surface area (Å²) in [6.07, 6.45) is 2.01. The zero-order valence-electron chi connectivity index (χ0n) is 15.9. The van der Waals surface area contributed by atoms with Gasteiger partial charge in [0.15, 0.2) is 5.96 Å². The molecule has 1 aliphatic rings. The minimum Gasteiger partial charge on any atom is -0.508 e. The van der Waals surface area contributed by atoms with Gasteiger partial charge in [-0.25, -0.2) is 0 Å². The monoisotopic (exact) mass is 476 g/mol. The Kier molecular flexibility index (Phi) is 11.6. The first-order valence-electron chi connectivity index (χ1n) is 9.31. The second-order valence-corrected chi connectivity index (χ2v) is 6.41. The molecule has 148 valence electrons. The van der Waals surface area contributed by atoms with Crippen LogP contribution in [0.25, 0.3) is 0 Å². The van der Waals surface area contributed by atoms with E-state index in [1.54, 1.807) is 12.1 Å². The number of hydrogen-bond donors (Lipinski definition) is 3. The average molecular weight is 476 g/mol. The van der Waals surface area contributed by atoms with E-state index >= 15 is 0 Å². The summed E-state index contributed by atoms with van der Waals surface area (Å²) in [5.41, 5.74) is 1.24. The van der Waals surface area contributed by atoms with Crippen molar-refractivity contribution < 1.29 is 9.84 Å². The summed E-state index contributed by atoms with van der Waals surface area (Å²) in [6, 6.07) is 7.84. The summed E-state index contributed by atoms with van der Waals surface area (Å²) >= 11 is 0. The predicted octanol–water partition coefficient (Wildman–Crippen LogP) is 2.22. The van der Waals surface area contributed by atoms with Crippen LogP contribution in [0.4, 0.5) is 0 Å². The highest BCUT2D eigenvalue weighted by molar-refractivity contribution is 14.0. The molecule has 0 saturated carbocycles. The van der Waals surface area contributed by atoms with Crippen LogP contribution in [0.15, 0.2) is 29.3 Å². The molecule has 6 nitrogen and oxygen atoms in total. The summed E-state index contributed by atoms with van der Waals surface area (Å²) in [6.45, 7) is 10.5. The molecule has 1 atom stereocenters. The molecule has 3 N–H and O–H groups in total. The molecule has 0 aromatic heterocycles. The van der Waals surface area contributed by atoms with Gasteiger partial charge in [0.1, 0.15) is 5.75 Å².